The van der Waals surface area contributed by atoms with Gasteiger partial charge in [0, 0.05) is 13.6 Å². The van der Waals surface area contributed by atoms with E-state index in [0.29, 0.717) is 6.54 Å². The van der Waals surface area contributed by atoms with Gasteiger partial charge in [-0.1, -0.05) is 6.92 Å². The van der Waals surface area contributed by atoms with E-state index in [0.717, 1.165) is 18.8 Å². The van der Waals surface area contributed by atoms with Crippen molar-refractivity contribution in [1.29, 1.82) is 0 Å². The van der Waals surface area contributed by atoms with Crippen LogP contribution in [0.1, 0.15) is 26.1 Å². The second-order valence-corrected chi connectivity index (χ2v) is 3.62. The molecule has 6 nitrogen and oxygen atoms in total. The number of hydrogen-bond acceptors (Lipinski definition) is 4. The molecular weight excluding hydrogens is 206 g/mol. The highest BCUT2D eigenvalue weighted by molar-refractivity contribution is 5.80. The lowest BCUT2D eigenvalue weighted by atomic mass is 10.3. The van der Waals surface area contributed by atoms with Crippen molar-refractivity contribution in [3.8, 4) is 0 Å². The summed E-state index contributed by atoms with van der Waals surface area (Å²) in [6.07, 6.45) is 2.55. The summed E-state index contributed by atoms with van der Waals surface area (Å²) in [6, 6.07) is -0.225. The molecule has 0 aliphatic heterocycles. The lowest BCUT2D eigenvalue weighted by molar-refractivity contribution is -0.122. The monoisotopic (exact) mass is 225 g/mol. The van der Waals surface area contributed by atoms with E-state index in [1.807, 2.05) is 11.6 Å². The summed E-state index contributed by atoms with van der Waals surface area (Å²) in [5, 5.41) is 9.80. The van der Waals surface area contributed by atoms with Crippen molar-refractivity contribution in [2.45, 2.75) is 39.4 Å². The third kappa shape index (κ3) is 3.30. The summed E-state index contributed by atoms with van der Waals surface area (Å²) >= 11 is 0. The molecule has 0 aliphatic carbocycles. The lowest BCUT2D eigenvalue weighted by Crippen LogP contribution is -2.40. The number of carbonyl (C=O) groups excluding carboxylic acids is 1. The Morgan fingerprint density at radius 1 is 1.62 bits per heavy atom. The number of amides is 1. The Morgan fingerprint density at radius 3 is 3.00 bits per heavy atom. The average molecular weight is 225 g/mol. The molecule has 1 amide bonds. The Hall–Kier alpha value is -1.43. The maximum atomic E-state index is 11.3. The van der Waals surface area contributed by atoms with Crippen molar-refractivity contribution in [1.82, 2.24) is 25.4 Å². The van der Waals surface area contributed by atoms with Crippen molar-refractivity contribution >= 4 is 5.91 Å². The number of nitrogens with zero attached hydrogens (tertiary/aromatic N) is 3. The van der Waals surface area contributed by atoms with Crippen LogP contribution >= 0.6 is 0 Å². The van der Waals surface area contributed by atoms with E-state index in [4.69, 9.17) is 0 Å². The summed E-state index contributed by atoms with van der Waals surface area (Å²) in [6.45, 7) is 5.31. The summed E-state index contributed by atoms with van der Waals surface area (Å²) in [5.74, 6) is 0.833. The van der Waals surface area contributed by atoms with Crippen molar-refractivity contribution in [3.63, 3.8) is 0 Å². The molecule has 0 bridgehead atoms. The first-order valence-electron chi connectivity index (χ1n) is 5.50. The smallest absolute Gasteiger partial charge is 0.236 e. The van der Waals surface area contributed by atoms with Gasteiger partial charge in [-0.15, -0.1) is 0 Å². The van der Waals surface area contributed by atoms with Gasteiger partial charge in [0.15, 0.2) is 0 Å². The van der Waals surface area contributed by atoms with Crippen LogP contribution < -0.4 is 10.6 Å². The van der Waals surface area contributed by atoms with Crippen LogP contribution in [-0.2, 0) is 17.9 Å². The summed E-state index contributed by atoms with van der Waals surface area (Å²) in [7, 11) is 1.63. The maximum Gasteiger partial charge on any atom is 0.236 e. The van der Waals surface area contributed by atoms with Crippen LogP contribution in [0.4, 0.5) is 0 Å². The number of aromatic nitrogens is 3. The zero-order valence-electron chi connectivity index (χ0n) is 10.0. The fraction of sp³-hybridized carbons (Fsp3) is 0.700. The van der Waals surface area contributed by atoms with Gasteiger partial charge < -0.3 is 5.32 Å². The Balaban J connectivity index is 2.47. The van der Waals surface area contributed by atoms with Gasteiger partial charge in [-0.3, -0.25) is 10.1 Å². The Bertz CT molecular complexity index is 336. The van der Waals surface area contributed by atoms with Gasteiger partial charge in [-0.05, 0) is 13.3 Å². The zero-order valence-corrected chi connectivity index (χ0v) is 10.0. The molecule has 1 atom stereocenters. The second-order valence-electron chi connectivity index (χ2n) is 3.62. The molecule has 6 heteroatoms. The van der Waals surface area contributed by atoms with Gasteiger partial charge in [-0.2, -0.15) is 5.10 Å². The number of carbonyl (C=O) groups is 1. The third-order valence-electron chi connectivity index (χ3n) is 2.34. The summed E-state index contributed by atoms with van der Waals surface area (Å²) in [4.78, 5) is 15.4. The van der Waals surface area contributed by atoms with Crippen LogP contribution in [0.3, 0.4) is 0 Å². The first-order chi connectivity index (χ1) is 7.69. The average Bonchev–Trinajstić information content (AvgIpc) is 2.73. The SMILES string of the molecule is CCCn1ncnc1CNC(C)C(=O)NC. The molecular formula is C10H19N5O. The predicted octanol–water partition coefficient (Wildman–Crippen LogP) is -0.0878. The molecule has 0 saturated heterocycles. The first kappa shape index (κ1) is 12.6. The van der Waals surface area contributed by atoms with Crippen LogP contribution in [0.25, 0.3) is 0 Å². The Kier molecular flexibility index (Phi) is 4.91. The molecule has 1 aromatic heterocycles. The minimum Gasteiger partial charge on any atom is -0.358 e. The summed E-state index contributed by atoms with van der Waals surface area (Å²) < 4.78 is 1.85. The number of hydrogen-bond donors (Lipinski definition) is 2. The summed E-state index contributed by atoms with van der Waals surface area (Å²) in [5.41, 5.74) is 0. The topological polar surface area (TPSA) is 71.8 Å². The highest BCUT2D eigenvalue weighted by Gasteiger charge is 2.11. The fourth-order valence-corrected chi connectivity index (χ4v) is 1.38. The first-order valence-corrected chi connectivity index (χ1v) is 5.50. The number of likely N-dealkylation sites (N-methyl/N-ethyl adjacent to an activating group) is 1. The molecule has 1 rings (SSSR count). The van der Waals surface area contributed by atoms with Crippen molar-refractivity contribution in [2.75, 3.05) is 7.05 Å². The molecule has 0 aliphatic rings. The molecule has 0 saturated carbocycles. The largest absolute Gasteiger partial charge is 0.358 e. The van der Waals surface area contributed by atoms with E-state index in [1.54, 1.807) is 7.05 Å². The lowest BCUT2D eigenvalue weighted by Gasteiger charge is -2.12. The van der Waals surface area contributed by atoms with Gasteiger partial charge in [0.25, 0.3) is 0 Å². The van der Waals surface area contributed by atoms with Crippen molar-refractivity contribution in [2.24, 2.45) is 0 Å². The van der Waals surface area contributed by atoms with E-state index in [1.165, 1.54) is 6.33 Å². The Labute approximate surface area is 95.4 Å². The van der Waals surface area contributed by atoms with Crippen LogP contribution in [-0.4, -0.2) is 33.8 Å². The fourth-order valence-electron chi connectivity index (χ4n) is 1.38. The molecule has 1 heterocycles. The van der Waals surface area contributed by atoms with Crippen LogP contribution in [0.5, 0.6) is 0 Å². The van der Waals surface area contributed by atoms with E-state index in [2.05, 4.69) is 27.6 Å². The van der Waals surface area contributed by atoms with Gasteiger partial charge in [0.1, 0.15) is 12.2 Å². The molecule has 16 heavy (non-hydrogen) atoms. The molecule has 1 unspecified atom stereocenters. The normalized spacial score (nSPS) is 12.4. The van der Waals surface area contributed by atoms with E-state index < -0.39 is 0 Å². The minimum atomic E-state index is -0.225. The quantitative estimate of drug-likeness (QED) is 0.710. The number of aryl methyl sites for hydroxylation is 1. The predicted molar refractivity (Wildman–Crippen MR) is 60.7 cm³/mol. The van der Waals surface area contributed by atoms with Crippen molar-refractivity contribution in [3.05, 3.63) is 12.2 Å². The number of nitrogens with one attached hydrogen (secondary N) is 2. The Morgan fingerprint density at radius 2 is 2.38 bits per heavy atom. The molecule has 0 radical (unpaired) electrons. The van der Waals surface area contributed by atoms with Crippen molar-refractivity contribution < 1.29 is 4.79 Å². The van der Waals surface area contributed by atoms with E-state index in [9.17, 15) is 4.79 Å². The standard InChI is InChI=1S/C10H19N5O/c1-4-5-15-9(13-7-14-15)6-12-8(2)10(16)11-3/h7-8,12H,4-6H2,1-3H3,(H,11,16). The van der Waals surface area contributed by atoms with Gasteiger partial charge >= 0.3 is 0 Å². The maximum absolute atomic E-state index is 11.3. The van der Waals surface area contributed by atoms with Gasteiger partial charge in [0.2, 0.25) is 5.91 Å². The highest BCUT2D eigenvalue weighted by Crippen LogP contribution is 1.96. The molecule has 0 spiro atoms. The van der Waals surface area contributed by atoms with E-state index >= 15 is 0 Å². The van der Waals surface area contributed by atoms with Crippen LogP contribution in [0, 0.1) is 0 Å². The number of rotatable bonds is 6. The highest BCUT2D eigenvalue weighted by atomic mass is 16.2. The minimum absolute atomic E-state index is 0.0263. The molecule has 90 valence electrons. The second kappa shape index (κ2) is 6.22. The molecule has 2 N–H and O–H groups in total. The molecule has 0 aromatic carbocycles. The zero-order chi connectivity index (χ0) is 12.0. The molecule has 1 aromatic rings. The molecule has 0 fully saturated rings. The van der Waals surface area contributed by atoms with Crippen LogP contribution in [0.15, 0.2) is 6.33 Å². The third-order valence-corrected chi connectivity index (χ3v) is 2.34. The van der Waals surface area contributed by atoms with Crippen LogP contribution in [0.2, 0.25) is 0 Å². The van der Waals surface area contributed by atoms with E-state index in [-0.39, 0.29) is 11.9 Å². The van der Waals surface area contributed by atoms with Gasteiger partial charge in [-0.25, -0.2) is 9.67 Å². The van der Waals surface area contributed by atoms with Gasteiger partial charge in [0.05, 0.1) is 12.6 Å².